The molecule has 4 saturated carbocycles. The Morgan fingerprint density at radius 1 is 0.946 bits per heavy atom. The van der Waals surface area contributed by atoms with Gasteiger partial charge in [-0.3, -0.25) is 0 Å². The number of ether oxygens (including phenoxy) is 2. The average Bonchev–Trinajstić information content (AvgIpc) is 3.45. The van der Waals surface area contributed by atoms with Crippen molar-refractivity contribution in [2.75, 3.05) is 0 Å². The standard InChI is InChI=1S/C34H50O3/c1-22(2)10-9-11-23(3)27-14-15-28-33(27,5)19-17-29-32(4)18-16-26(20-25(32)21-30-34(28,29)37-30)36-31(35)24-12-7-6-8-13-24/h6-8,12-13,22-23,25-30H,9-11,14-21H2,1-5H3/t23-,25?,26+,27-,28-,29-,30+,32+,33-,34-/m1/s1. The van der Waals surface area contributed by atoms with Gasteiger partial charge in [-0.15, -0.1) is 0 Å². The summed E-state index contributed by atoms with van der Waals surface area (Å²) in [6.45, 7) is 12.5. The molecule has 3 heteroatoms. The van der Waals surface area contributed by atoms with Gasteiger partial charge in [0.05, 0.1) is 11.7 Å². The van der Waals surface area contributed by atoms with Gasteiger partial charge < -0.3 is 9.47 Å². The Bertz CT molecular complexity index is 988. The van der Waals surface area contributed by atoms with Crippen LogP contribution in [0.2, 0.25) is 0 Å². The van der Waals surface area contributed by atoms with Gasteiger partial charge >= 0.3 is 5.97 Å². The Hall–Kier alpha value is -1.35. The average molecular weight is 507 g/mol. The van der Waals surface area contributed by atoms with Crippen LogP contribution in [-0.4, -0.2) is 23.8 Å². The summed E-state index contributed by atoms with van der Waals surface area (Å²) < 4.78 is 13.0. The normalized spacial score (nSPS) is 44.8. The molecule has 1 spiro atoms. The molecule has 5 aliphatic rings. The second-order valence-electron chi connectivity index (χ2n) is 14.7. The van der Waals surface area contributed by atoms with E-state index in [1.54, 1.807) is 0 Å². The van der Waals surface area contributed by atoms with Gasteiger partial charge in [-0.1, -0.05) is 72.1 Å². The highest BCUT2D eigenvalue weighted by molar-refractivity contribution is 5.89. The van der Waals surface area contributed by atoms with Gasteiger partial charge in [0.25, 0.3) is 0 Å². The van der Waals surface area contributed by atoms with E-state index in [4.69, 9.17) is 9.47 Å². The highest BCUT2D eigenvalue weighted by Crippen LogP contribution is 2.76. The van der Waals surface area contributed by atoms with Crippen molar-refractivity contribution in [2.45, 2.75) is 123 Å². The van der Waals surface area contributed by atoms with Crippen LogP contribution in [0.25, 0.3) is 0 Å². The van der Waals surface area contributed by atoms with Crippen LogP contribution in [0.15, 0.2) is 30.3 Å². The molecule has 5 fully saturated rings. The summed E-state index contributed by atoms with van der Waals surface area (Å²) in [7, 11) is 0. The van der Waals surface area contributed by atoms with Crippen LogP contribution in [0.4, 0.5) is 0 Å². The van der Waals surface area contributed by atoms with Gasteiger partial charge in [-0.25, -0.2) is 4.79 Å². The molecule has 3 nitrogen and oxygen atoms in total. The van der Waals surface area contributed by atoms with E-state index >= 15 is 0 Å². The molecule has 6 rings (SSSR count). The highest BCUT2D eigenvalue weighted by atomic mass is 16.6. The Balaban J connectivity index is 1.14. The number of esters is 1. The Morgan fingerprint density at radius 3 is 2.43 bits per heavy atom. The molecule has 0 aromatic heterocycles. The van der Waals surface area contributed by atoms with E-state index < -0.39 is 0 Å². The number of carbonyl (C=O) groups excluding carboxylic acids is 1. The van der Waals surface area contributed by atoms with Crippen molar-refractivity contribution in [2.24, 2.45) is 46.3 Å². The minimum Gasteiger partial charge on any atom is -0.459 e. The first-order valence-electron chi connectivity index (χ1n) is 15.6. The molecule has 0 radical (unpaired) electrons. The van der Waals surface area contributed by atoms with Crippen molar-refractivity contribution in [3.8, 4) is 0 Å². The highest BCUT2D eigenvalue weighted by Gasteiger charge is 2.78. The van der Waals surface area contributed by atoms with Crippen LogP contribution >= 0.6 is 0 Å². The van der Waals surface area contributed by atoms with Crippen LogP contribution in [-0.2, 0) is 9.47 Å². The monoisotopic (exact) mass is 506 g/mol. The lowest BCUT2D eigenvalue weighted by molar-refractivity contribution is -0.119. The zero-order chi connectivity index (χ0) is 26.0. The number of hydrogen-bond donors (Lipinski definition) is 0. The van der Waals surface area contributed by atoms with Crippen molar-refractivity contribution < 1.29 is 14.3 Å². The maximum atomic E-state index is 12.8. The molecule has 1 aromatic rings. The van der Waals surface area contributed by atoms with E-state index in [1.165, 1.54) is 57.8 Å². The molecular formula is C34H50O3. The van der Waals surface area contributed by atoms with E-state index in [-0.39, 0.29) is 17.7 Å². The molecule has 4 aliphatic carbocycles. The first-order chi connectivity index (χ1) is 17.7. The molecule has 1 aliphatic heterocycles. The van der Waals surface area contributed by atoms with Gasteiger partial charge in [-0.05, 0) is 110 Å². The Morgan fingerprint density at radius 2 is 1.68 bits per heavy atom. The topological polar surface area (TPSA) is 38.8 Å². The molecule has 1 heterocycles. The van der Waals surface area contributed by atoms with Crippen molar-refractivity contribution >= 4 is 5.97 Å². The second-order valence-corrected chi connectivity index (χ2v) is 14.7. The molecule has 10 atom stereocenters. The van der Waals surface area contributed by atoms with Crippen LogP contribution in [0.1, 0.15) is 116 Å². The van der Waals surface area contributed by atoms with E-state index in [1.807, 2.05) is 30.3 Å². The molecule has 0 N–H and O–H groups in total. The van der Waals surface area contributed by atoms with Gasteiger partial charge in [0, 0.05) is 0 Å². The first-order valence-corrected chi connectivity index (χ1v) is 15.6. The first kappa shape index (κ1) is 25.9. The van der Waals surface area contributed by atoms with Crippen LogP contribution in [0.3, 0.4) is 0 Å². The third-order valence-corrected chi connectivity index (χ3v) is 12.5. The van der Waals surface area contributed by atoms with E-state index in [0.29, 0.717) is 34.3 Å². The number of hydrogen-bond acceptors (Lipinski definition) is 3. The molecule has 1 unspecified atom stereocenters. The summed E-state index contributed by atoms with van der Waals surface area (Å²) in [4.78, 5) is 12.8. The zero-order valence-corrected chi connectivity index (χ0v) is 24.0. The van der Waals surface area contributed by atoms with Crippen LogP contribution < -0.4 is 0 Å². The number of rotatable bonds is 7. The van der Waals surface area contributed by atoms with Crippen LogP contribution in [0, 0.1) is 46.3 Å². The lowest BCUT2D eigenvalue weighted by Gasteiger charge is -2.59. The minimum absolute atomic E-state index is 0.0495. The van der Waals surface area contributed by atoms with Crippen molar-refractivity contribution in [3.05, 3.63) is 35.9 Å². The molecular weight excluding hydrogens is 456 g/mol. The Labute approximate surface area is 225 Å². The maximum Gasteiger partial charge on any atom is 0.338 e. The van der Waals surface area contributed by atoms with Gasteiger partial charge in [0.1, 0.15) is 11.7 Å². The summed E-state index contributed by atoms with van der Waals surface area (Å²) in [5, 5.41) is 0. The summed E-state index contributed by atoms with van der Waals surface area (Å²) >= 11 is 0. The Kier molecular flexibility index (Phi) is 6.57. The van der Waals surface area contributed by atoms with Gasteiger partial charge in [0.2, 0.25) is 0 Å². The fraction of sp³-hybridized carbons (Fsp3) is 0.794. The maximum absolute atomic E-state index is 12.8. The fourth-order valence-electron chi connectivity index (χ4n) is 10.5. The quantitative estimate of drug-likeness (QED) is 0.275. The van der Waals surface area contributed by atoms with Gasteiger partial charge in [0.15, 0.2) is 0 Å². The van der Waals surface area contributed by atoms with Crippen LogP contribution in [0.5, 0.6) is 0 Å². The molecule has 204 valence electrons. The molecule has 0 bridgehead atoms. The number of carbonyl (C=O) groups is 1. The summed E-state index contributed by atoms with van der Waals surface area (Å²) in [6.07, 6.45) is 14.5. The lowest BCUT2D eigenvalue weighted by atomic mass is 9.44. The number of fused-ring (bicyclic) bond motifs is 3. The summed E-state index contributed by atoms with van der Waals surface area (Å²) in [6, 6.07) is 9.50. The number of epoxide rings is 1. The second kappa shape index (κ2) is 9.39. The molecule has 1 saturated heterocycles. The zero-order valence-electron chi connectivity index (χ0n) is 24.0. The smallest absolute Gasteiger partial charge is 0.338 e. The summed E-state index contributed by atoms with van der Waals surface area (Å²) in [5.74, 6) is 4.40. The van der Waals surface area contributed by atoms with Crippen molar-refractivity contribution in [1.82, 2.24) is 0 Å². The van der Waals surface area contributed by atoms with E-state index in [2.05, 4.69) is 34.6 Å². The van der Waals surface area contributed by atoms with E-state index in [0.717, 1.165) is 36.5 Å². The lowest BCUT2D eigenvalue weighted by Crippen LogP contribution is -2.59. The number of benzene rings is 1. The minimum atomic E-state index is -0.157. The predicted octanol–water partition coefficient (Wildman–Crippen LogP) is 8.46. The van der Waals surface area contributed by atoms with Gasteiger partial charge in [-0.2, -0.15) is 0 Å². The molecule has 37 heavy (non-hydrogen) atoms. The SMILES string of the molecule is CC(C)CCC[C@@H](C)[C@H]1CC[C@@H]2[C@]1(C)CC[C@H]1[C@]23O[C@H]3CC2C[C@@H](OC(=O)c3ccccc3)CC[C@@]21C. The van der Waals surface area contributed by atoms with E-state index in [9.17, 15) is 4.79 Å². The molecule has 1 aromatic carbocycles. The fourth-order valence-corrected chi connectivity index (χ4v) is 10.5. The molecule has 0 amide bonds. The van der Waals surface area contributed by atoms with Crippen molar-refractivity contribution in [1.29, 1.82) is 0 Å². The third kappa shape index (κ3) is 4.12. The van der Waals surface area contributed by atoms with Crippen molar-refractivity contribution in [3.63, 3.8) is 0 Å². The predicted molar refractivity (Wildman–Crippen MR) is 148 cm³/mol. The largest absolute Gasteiger partial charge is 0.459 e. The third-order valence-electron chi connectivity index (χ3n) is 12.5. The summed E-state index contributed by atoms with van der Waals surface area (Å²) in [5.41, 5.74) is 1.60.